The van der Waals surface area contributed by atoms with Crippen LogP contribution in [0.15, 0.2) is 6.20 Å². The molecule has 2 rings (SSSR count). The predicted octanol–water partition coefficient (Wildman–Crippen LogP) is 1.64. The number of rotatable bonds is 6. The molecule has 1 aliphatic heterocycles. The van der Waals surface area contributed by atoms with Gasteiger partial charge in [0.05, 0.1) is 19.4 Å². The molecule has 0 aliphatic carbocycles. The Morgan fingerprint density at radius 1 is 1.25 bits per heavy atom. The van der Waals surface area contributed by atoms with Crippen LogP contribution < -0.4 is 4.90 Å². The van der Waals surface area contributed by atoms with Crippen LogP contribution in [0.1, 0.15) is 24.0 Å². The summed E-state index contributed by atoms with van der Waals surface area (Å²) in [6, 6.07) is 0. The van der Waals surface area contributed by atoms with Crippen molar-refractivity contribution >= 4 is 5.82 Å². The first-order chi connectivity index (χ1) is 9.68. The van der Waals surface area contributed by atoms with Crippen LogP contribution in [-0.2, 0) is 4.74 Å². The number of aromatic nitrogens is 2. The van der Waals surface area contributed by atoms with Crippen molar-refractivity contribution in [3.05, 3.63) is 17.3 Å². The zero-order valence-electron chi connectivity index (χ0n) is 12.9. The van der Waals surface area contributed by atoms with Gasteiger partial charge in [-0.1, -0.05) is 0 Å². The van der Waals surface area contributed by atoms with E-state index in [4.69, 9.17) is 4.74 Å². The molecule has 2 heterocycles. The normalized spacial score (nSPS) is 16.4. The van der Waals surface area contributed by atoms with Gasteiger partial charge in [-0.3, -0.25) is 4.90 Å². The van der Waals surface area contributed by atoms with Gasteiger partial charge in [0.25, 0.3) is 0 Å². The zero-order valence-corrected chi connectivity index (χ0v) is 12.9. The summed E-state index contributed by atoms with van der Waals surface area (Å²) in [7, 11) is 2.10. The summed E-state index contributed by atoms with van der Waals surface area (Å²) >= 11 is 0. The SMILES string of the molecule is Cc1cnnc(N(C)CCCCN2CCOCC2)c1C. The molecule has 0 unspecified atom stereocenters. The minimum atomic E-state index is 0.887. The molecule has 0 atom stereocenters. The molecule has 1 fully saturated rings. The summed E-state index contributed by atoms with van der Waals surface area (Å²) < 4.78 is 5.36. The number of ether oxygens (including phenoxy) is 1. The molecule has 5 nitrogen and oxygen atoms in total. The van der Waals surface area contributed by atoms with Crippen molar-refractivity contribution < 1.29 is 4.74 Å². The molecule has 0 spiro atoms. The molecular formula is C15H26N4O. The third-order valence-corrected chi connectivity index (χ3v) is 4.01. The summed E-state index contributed by atoms with van der Waals surface area (Å²) in [5.41, 5.74) is 2.44. The van der Waals surface area contributed by atoms with Crippen molar-refractivity contribution in [3.8, 4) is 0 Å². The fourth-order valence-electron chi connectivity index (χ4n) is 2.50. The molecule has 112 valence electrons. The Hall–Kier alpha value is -1.20. The largest absolute Gasteiger partial charge is 0.379 e. The molecule has 0 N–H and O–H groups in total. The Morgan fingerprint density at radius 3 is 2.75 bits per heavy atom. The first kappa shape index (κ1) is 15.2. The molecule has 0 radical (unpaired) electrons. The van der Waals surface area contributed by atoms with E-state index in [1.807, 2.05) is 6.20 Å². The smallest absolute Gasteiger partial charge is 0.154 e. The first-order valence-electron chi connectivity index (χ1n) is 7.48. The van der Waals surface area contributed by atoms with Gasteiger partial charge in [-0.15, -0.1) is 5.10 Å². The zero-order chi connectivity index (χ0) is 14.4. The quantitative estimate of drug-likeness (QED) is 0.740. The van der Waals surface area contributed by atoms with Crippen molar-refractivity contribution in [3.63, 3.8) is 0 Å². The van der Waals surface area contributed by atoms with E-state index in [1.54, 1.807) is 0 Å². The Kier molecular flexibility index (Phi) is 5.73. The van der Waals surface area contributed by atoms with Gasteiger partial charge in [-0.2, -0.15) is 5.10 Å². The number of aryl methyl sites for hydroxylation is 1. The van der Waals surface area contributed by atoms with Gasteiger partial charge in [0.1, 0.15) is 0 Å². The number of anilines is 1. The van der Waals surface area contributed by atoms with Gasteiger partial charge in [-0.05, 0) is 44.4 Å². The van der Waals surface area contributed by atoms with Crippen molar-refractivity contribution in [2.45, 2.75) is 26.7 Å². The van der Waals surface area contributed by atoms with E-state index in [9.17, 15) is 0 Å². The van der Waals surface area contributed by atoms with Crippen molar-refractivity contribution in [2.24, 2.45) is 0 Å². The first-order valence-corrected chi connectivity index (χ1v) is 7.48. The highest BCUT2D eigenvalue weighted by Gasteiger charge is 2.11. The lowest BCUT2D eigenvalue weighted by atomic mass is 10.2. The van der Waals surface area contributed by atoms with Crippen LogP contribution in [0.4, 0.5) is 5.82 Å². The van der Waals surface area contributed by atoms with Crippen LogP contribution in [0.5, 0.6) is 0 Å². The van der Waals surface area contributed by atoms with E-state index in [0.717, 1.165) is 38.7 Å². The fourth-order valence-corrected chi connectivity index (χ4v) is 2.50. The number of morpholine rings is 1. The van der Waals surface area contributed by atoms with E-state index in [0.29, 0.717) is 0 Å². The third kappa shape index (κ3) is 4.15. The number of nitrogens with zero attached hydrogens (tertiary/aromatic N) is 4. The minimum absolute atomic E-state index is 0.887. The monoisotopic (exact) mass is 278 g/mol. The summed E-state index contributed by atoms with van der Waals surface area (Å²) in [4.78, 5) is 4.70. The molecule has 0 aromatic carbocycles. The molecule has 1 saturated heterocycles. The summed E-state index contributed by atoms with van der Waals surface area (Å²) in [5.74, 6) is 1.01. The highest BCUT2D eigenvalue weighted by molar-refractivity contribution is 5.47. The summed E-state index contributed by atoms with van der Waals surface area (Å²) in [6.45, 7) is 10.3. The lowest BCUT2D eigenvalue weighted by molar-refractivity contribution is 0.0372. The van der Waals surface area contributed by atoms with Crippen LogP contribution in [0.25, 0.3) is 0 Å². The second-order valence-corrected chi connectivity index (χ2v) is 5.56. The van der Waals surface area contributed by atoms with E-state index in [-0.39, 0.29) is 0 Å². The van der Waals surface area contributed by atoms with E-state index in [1.165, 1.54) is 30.5 Å². The Bertz CT molecular complexity index is 418. The average molecular weight is 278 g/mol. The predicted molar refractivity (Wildman–Crippen MR) is 81.3 cm³/mol. The Balaban J connectivity index is 1.72. The van der Waals surface area contributed by atoms with Gasteiger partial charge in [-0.25, -0.2) is 0 Å². The molecule has 20 heavy (non-hydrogen) atoms. The highest BCUT2D eigenvalue weighted by atomic mass is 16.5. The van der Waals surface area contributed by atoms with Crippen LogP contribution in [-0.4, -0.2) is 61.5 Å². The van der Waals surface area contributed by atoms with Gasteiger partial charge >= 0.3 is 0 Å². The van der Waals surface area contributed by atoms with Crippen LogP contribution in [0.2, 0.25) is 0 Å². The second-order valence-electron chi connectivity index (χ2n) is 5.56. The van der Waals surface area contributed by atoms with Crippen LogP contribution >= 0.6 is 0 Å². The molecule has 0 saturated carbocycles. The van der Waals surface area contributed by atoms with Gasteiger partial charge in [0.2, 0.25) is 0 Å². The molecule has 1 aromatic heterocycles. The molecule has 5 heteroatoms. The second kappa shape index (κ2) is 7.55. The minimum Gasteiger partial charge on any atom is -0.379 e. The average Bonchev–Trinajstić information content (AvgIpc) is 2.47. The van der Waals surface area contributed by atoms with E-state index in [2.05, 4.69) is 40.9 Å². The Morgan fingerprint density at radius 2 is 2.00 bits per heavy atom. The molecule has 1 aromatic rings. The maximum atomic E-state index is 5.36. The lowest BCUT2D eigenvalue weighted by Crippen LogP contribution is -2.37. The molecule has 1 aliphatic rings. The number of hydrogen-bond donors (Lipinski definition) is 0. The van der Waals surface area contributed by atoms with Crippen molar-refractivity contribution in [1.29, 1.82) is 0 Å². The number of hydrogen-bond acceptors (Lipinski definition) is 5. The maximum Gasteiger partial charge on any atom is 0.154 e. The summed E-state index contributed by atoms with van der Waals surface area (Å²) in [6.07, 6.45) is 4.23. The molecule has 0 amide bonds. The molecule has 0 bridgehead atoms. The van der Waals surface area contributed by atoms with Gasteiger partial charge in [0.15, 0.2) is 5.82 Å². The summed E-state index contributed by atoms with van der Waals surface area (Å²) in [5, 5.41) is 8.31. The van der Waals surface area contributed by atoms with Crippen LogP contribution in [0.3, 0.4) is 0 Å². The van der Waals surface area contributed by atoms with Crippen LogP contribution in [0, 0.1) is 13.8 Å². The topological polar surface area (TPSA) is 41.5 Å². The lowest BCUT2D eigenvalue weighted by Gasteiger charge is -2.27. The van der Waals surface area contributed by atoms with Gasteiger partial charge < -0.3 is 9.64 Å². The maximum absolute atomic E-state index is 5.36. The fraction of sp³-hybridized carbons (Fsp3) is 0.733. The molecular weight excluding hydrogens is 252 g/mol. The van der Waals surface area contributed by atoms with Gasteiger partial charge in [0, 0.05) is 26.7 Å². The van der Waals surface area contributed by atoms with E-state index < -0.39 is 0 Å². The van der Waals surface area contributed by atoms with Crippen molar-refractivity contribution in [2.75, 3.05) is 51.3 Å². The van der Waals surface area contributed by atoms with E-state index >= 15 is 0 Å². The van der Waals surface area contributed by atoms with Crippen molar-refractivity contribution in [1.82, 2.24) is 15.1 Å². The standard InChI is InChI=1S/C15H26N4O/c1-13-12-16-17-15(14(13)2)18(3)6-4-5-7-19-8-10-20-11-9-19/h12H,4-11H2,1-3H3. The number of unbranched alkanes of at least 4 members (excludes halogenated alkanes) is 1. The third-order valence-electron chi connectivity index (χ3n) is 4.01. The highest BCUT2D eigenvalue weighted by Crippen LogP contribution is 2.17. The Labute approximate surface area is 121 Å².